The molecule has 0 N–H and O–H groups in total. The summed E-state index contributed by atoms with van der Waals surface area (Å²) in [5, 5.41) is 3.02. The lowest BCUT2D eigenvalue weighted by molar-refractivity contribution is -0.112. The number of anilines is 1. The highest BCUT2D eigenvalue weighted by molar-refractivity contribution is 7.13. The van der Waals surface area contributed by atoms with E-state index in [1.165, 1.54) is 11.7 Å². The third-order valence-electron chi connectivity index (χ3n) is 5.44. The van der Waals surface area contributed by atoms with Gasteiger partial charge in [0.1, 0.15) is 22.3 Å². The Labute approximate surface area is 182 Å². The first-order valence-corrected chi connectivity index (χ1v) is 11.4. The van der Waals surface area contributed by atoms with Crippen molar-refractivity contribution >= 4 is 46.1 Å². The number of benzene rings is 1. The van der Waals surface area contributed by atoms with Gasteiger partial charge in [-0.05, 0) is 24.3 Å². The van der Waals surface area contributed by atoms with Crippen molar-refractivity contribution in [1.82, 2.24) is 23.6 Å². The maximum absolute atomic E-state index is 11.9. The van der Waals surface area contributed by atoms with Gasteiger partial charge >= 0.3 is 0 Å². The van der Waals surface area contributed by atoms with E-state index in [0.717, 1.165) is 65.5 Å². The molecule has 4 heterocycles. The van der Waals surface area contributed by atoms with Gasteiger partial charge in [0, 0.05) is 55.9 Å². The normalized spacial score (nSPS) is 16.1. The molecule has 152 valence electrons. The van der Waals surface area contributed by atoms with E-state index >= 15 is 0 Å². The number of rotatable bonds is 6. The van der Waals surface area contributed by atoms with Crippen LogP contribution in [0.25, 0.3) is 21.6 Å². The van der Waals surface area contributed by atoms with Gasteiger partial charge in [-0.1, -0.05) is 6.07 Å². The largest absolute Gasteiger partial charge is 0.367 e. The molecule has 0 saturated carbocycles. The smallest absolute Gasteiger partial charge is 0.137 e. The highest BCUT2D eigenvalue weighted by Crippen LogP contribution is 2.27. The summed E-state index contributed by atoms with van der Waals surface area (Å²) in [7, 11) is 0. The Balaban J connectivity index is 1.24. The Hall–Kier alpha value is -2.75. The number of aldehydes is 1. The molecule has 1 unspecified atom stereocenters. The van der Waals surface area contributed by atoms with Crippen LogP contribution in [-0.4, -0.2) is 62.1 Å². The molecule has 9 heteroatoms. The molecule has 3 aromatic heterocycles. The van der Waals surface area contributed by atoms with Crippen molar-refractivity contribution in [3.63, 3.8) is 0 Å². The van der Waals surface area contributed by atoms with Crippen LogP contribution < -0.4 is 4.90 Å². The van der Waals surface area contributed by atoms with Crippen LogP contribution in [0.2, 0.25) is 0 Å². The van der Waals surface area contributed by atoms with Crippen molar-refractivity contribution in [1.29, 1.82) is 0 Å². The lowest BCUT2D eigenvalue weighted by Crippen LogP contribution is -2.51. The third kappa shape index (κ3) is 3.83. The molecule has 1 aliphatic rings. The maximum atomic E-state index is 11.9. The van der Waals surface area contributed by atoms with Crippen molar-refractivity contribution in [2.24, 2.45) is 0 Å². The molecular formula is C21H20N6OS2. The summed E-state index contributed by atoms with van der Waals surface area (Å²) >= 11 is 2.86. The number of pyridine rings is 1. The average Bonchev–Trinajstić information content (AvgIpc) is 3.48. The predicted octanol–water partition coefficient (Wildman–Crippen LogP) is 3.14. The monoisotopic (exact) mass is 436 g/mol. The van der Waals surface area contributed by atoms with E-state index in [4.69, 9.17) is 4.98 Å². The summed E-state index contributed by atoms with van der Waals surface area (Å²) < 4.78 is 8.79. The molecule has 1 atom stereocenters. The maximum Gasteiger partial charge on any atom is 0.137 e. The third-order valence-corrected chi connectivity index (χ3v) is 6.93. The van der Waals surface area contributed by atoms with E-state index < -0.39 is 0 Å². The zero-order valence-electron chi connectivity index (χ0n) is 16.2. The SMILES string of the molecule is O=CC(Cc1csc(-c2ccncc2)n1)N1CCN(c2cccc3nsnc23)CC1. The van der Waals surface area contributed by atoms with Crippen LogP contribution in [-0.2, 0) is 11.2 Å². The molecule has 7 nitrogen and oxygen atoms in total. The fraction of sp³-hybridized carbons (Fsp3) is 0.286. The number of hydrogen-bond donors (Lipinski definition) is 0. The van der Waals surface area contributed by atoms with E-state index in [2.05, 4.69) is 35.0 Å². The number of hydrogen-bond acceptors (Lipinski definition) is 9. The lowest BCUT2D eigenvalue weighted by Gasteiger charge is -2.38. The van der Waals surface area contributed by atoms with Crippen molar-refractivity contribution in [2.45, 2.75) is 12.5 Å². The minimum atomic E-state index is -0.156. The van der Waals surface area contributed by atoms with E-state index in [1.807, 2.05) is 24.3 Å². The Morgan fingerprint density at radius 3 is 2.70 bits per heavy atom. The standard InChI is InChI=1S/C21H20N6OS2/c28-13-17(12-16-14-29-21(23-16)15-4-6-22-7-5-15)26-8-10-27(11-9-26)19-3-1-2-18-20(19)25-30-24-18/h1-7,13-14,17H,8-12H2. The Morgan fingerprint density at radius 2 is 1.90 bits per heavy atom. The topological polar surface area (TPSA) is 75.1 Å². The predicted molar refractivity (Wildman–Crippen MR) is 120 cm³/mol. The van der Waals surface area contributed by atoms with E-state index in [-0.39, 0.29) is 6.04 Å². The van der Waals surface area contributed by atoms with Crippen molar-refractivity contribution in [2.75, 3.05) is 31.1 Å². The number of nitrogens with zero attached hydrogens (tertiary/aromatic N) is 6. The van der Waals surface area contributed by atoms with Crippen molar-refractivity contribution < 1.29 is 4.79 Å². The number of aromatic nitrogens is 4. The number of thiazole rings is 1. The second-order valence-corrected chi connectivity index (χ2v) is 8.61. The summed E-state index contributed by atoms with van der Waals surface area (Å²) in [6.07, 6.45) is 5.24. The molecule has 0 amide bonds. The summed E-state index contributed by atoms with van der Waals surface area (Å²) in [6.45, 7) is 3.39. The molecule has 0 spiro atoms. The Kier molecular flexibility index (Phi) is 5.48. The summed E-state index contributed by atoms with van der Waals surface area (Å²) in [6, 6.07) is 9.88. The Bertz CT molecular complexity index is 1140. The van der Waals surface area contributed by atoms with E-state index in [1.54, 1.807) is 23.7 Å². The van der Waals surface area contributed by atoms with Gasteiger partial charge < -0.3 is 9.69 Å². The van der Waals surface area contributed by atoms with Gasteiger partial charge in [0.25, 0.3) is 0 Å². The van der Waals surface area contributed by atoms with Crippen LogP contribution in [0.15, 0.2) is 48.1 Å². The van der Waals surface area contributed by atoms with Gasteiger partial charge in [0.05, 0.1) is 29.2 Å². The first kappa shape index (κ1) is 19.2. The van der Waals surface area contributed by atoms with Crippen LogP contribution >= 0.6 is 23.1 Å². The Morgan fingerprint density at radius 1 is 1.07 bits per heavy atom. The average molecular weight is 437 g/mol. The van der Waals surface area contributed by atoms with Crippen LogP contribution in [0.5, 0.6) is 0 Å². The van der Waals surface area contributed by atoms with Gasteiger partial charge in [-0.25, -0.2) is 4.98 Å². The molecular weight excluding hydrogens is 416 g/mol. The van der Waals surface area contributed by atoms with Crippen LogP contribution in [0.4, 0.5) is 5.69 Å². The number of piperazine rings is 1. The zero-order valence-corrected chi connectivity index (χ0v) is 17.9. The molecule has 1 saturated heterocycles. The minimum Gasteiger partial charge on any atom is -0.367 e. The second-order valence-electron chi connectivity index (χ2n) is 7.22. The van der Waals surface area contributed by atoms with Crippen molar-refractivity contribution in [3.05, 3.63) is 53.8 Å². The number of fused-ring (bicyclic) bond motifs is 1. The van der Waals surface area contributed by atoms with E-state index in [0.29, 0.717) is 6.42 Å². The fourth-order valence-electron chi connectivity index (χ4n) is 3.85. The molecule has 1 aliphatic heterocycles. The molecule has 0 bridgehead atoms. The van der Waals surface area contributed by atoms with Crippen molar-refractivity contribution in [3.8, 4) is 10.6 Å². The molecule has 1 aromatic carbocycles. The van der Waals surface area contributed by atoms with Gasteiger partial charge in [0.2, 0.25) is 0 Å². The van der Waals surface area contributed by atoms with Gasteiger partial charge in [-0.2, -0.15) is 8.75 Å². The highest BCUT2D eigenvalue weighted by atomic mass is 32.1. The zero-order chi connectivity index (χ0) is 20.3. The quantitative estimate of drug-likeness (QED) is 0.430. The number of carbonyl (C=O) groups is 1. The van der Waals surface area contributed by atoms with Gasteiger partial charge in [0.15, 0.2) is 0 Å². The van der Waals surface area contributed by atoms with Gasteiger partial charge in [-0.3, -0.25) is 9.88 Å². The first-order valence-electron chi connectivity index (χ1n) is 9.82. The molecule has 5 rings (SSSR count). The van der Waals surface area contributed by atoms with Crippen LogP contribution in [0.3, 0.4) is 0 Å². The van der Waals surface area contributed by atoms with Crippen LogP contribution in [0.1, 0.15) is 5.69 Å². The summed E-state index contributed by atoms with van der Waals surface area (Å²) in [5.41, 5.74) is 5.06. The first-order chi connectivity index (χ1) is 14.8. The minimum absolute atomic E-state index is 0.156. The van der Waals surface area contributed by atoms with E-state index in [9.17, 15) is 4.79 Å². The summed E-state index contributed by atoms with van der Waals surface area (Å²) in [4.78, 5) is 25.3. The number of carbonyl (C=O) groups excluding carboxylic acids is 1. The summed E-state index contributed by atoms with van der Waals surface area (Å²) in [5.74, 6) is 0. The van der Waals surface area contributed by atoms with Gasteiger partial charge in [-0.15, -0.1) is 11.3 Å². The molecule has 0 radical (unpaired) electrons. The molecule has 1 fully saturated rings. The van der Waals surface area contributed by atoms with Crippen LogP contribution in [0, 0.1) is 0 Å². The molecule has 0 aliphatic carbocycles. The molecule has 4 aromatic rings. The second kappa shape index (κ2) is 8.55. The fourth-order valence-corrected chi connectivity index (χ4v) is 5.23. The highest BCUT2D eigenvalue weighted by Gasteiger charge is 2.25. The lowest BCUT2D eigenvalue weighted by atomic mass is 10.1. The molecule has 30 heavy (non-hydrogen) atoms.